The van der Waals surface area contributed by atoms with Gasteiger partial charge in [-0.05, 0) is 160 Å². The van der Waals surface area contributed by atoms with Crippen LogP contribution in [0.4, 0.5) is 34.3 Å². The van der Waals surface area contributed by atoms with E-state index in [0.717, 1.165) is 80.0 Å². The number of anilines is 2. The fourth-order valence-corrected chi connectivity index (χ4v) is 11.7. The van der Waals surface area contributed by atoms with Crippen molar-refractivity contribution in [3.8, 4) is 11.1 Å². The van der Waals surface area contributed by atoms with E-state index in [4.69, 9.17) is 51.1 Å². The van der Waals surface area contributed by atoms with E-state index in [9.17, 15) is 40.5 Å². The SMILES string of the molecule is O=[N+]([O-])c1cc([C@H]2CC[C@H](c3ccc(Cl)c([N+](=O)[O-])c3)C2c2ccc(-c3ccc(N4CCOCC4)nc3)cc2)ccc1Cl.O=[N+]([O-])c1cc([C@H]2CC[C@H](c3ccc(Cl)c([N+](=O)[O-])c3)N2c2ccc(I)cc2)ccc1Cl. The minimum Gasteiger partial charge on any atom is -0.378 e. The summed E-state index contributed by atoms with van der Waals surface area (Å²) in [4.78, 5) is 53.3. The molecular formula is C54H44Cl4IN7O9. The minimum absolute atomic E-state index is 0.0592. The topological polar surface area (TPSA) is 201 Å². The van der Waals surface area contributed by atoms with Gasteiger partial charge >= 0.3 is 0 Å². The molecule has 0 bridgehead atoms. The van der Waals surface area contributed by atoms with Crippen LogP contribution in [0.25, 0.3) is 11.1 Å². The highest BCUT2D eigenvalue weighted by atomic mass is 127. The Morgan fingerprint density at radius 3 is 1.31 bits per heavy atom. The van der Waals surface area contributed by atoms with Crippen LogP contribution in [0, 0.1) is 44.0 Å². The summed E-state index contributed by atoms with van der Waals surface area (Å²) >= 11 is 26.5. The van der Waals surface area contributed by atoms with Gasteiger partial charge in [0, 0.05) is 58.4 Å². The number of aromatic nitrogens is 1. The molecule has 0 spiro atoms. The van der Waals surface area contributed by atoms with E-state index in [1.165, 1.54) is 12.1 Å². The third-order valence-electron chi connectivity index (χ3n) is 14.2. The molecule has 6 aromatic carbocycles. The Labute approximate surface area is 463 Å². The first kappa shape index (κ1) is 53.3. The maximum Gasteiger partial charge on any atom is 0.288 e. The zero-order chi connectivity index (χ0) is 53.1. The molecule has 0 amide bonds. The second kappa shape index (κ2) is 23.2. The summed E-state index contributed by atoms with van der Waals surface area (Å²) in [6, 6.07) is 39.6. The molecule has 0 N–H and O–H groups in total. The Hall–Kier alpha value is -6.48. The molecule has 2 saturated heterocycles. The van der Waals surface area contributed by atoms with Gasteiger partial charge in [0.2, 0.25) is 0 Å². The number of nitrogens with zero attached hydrogens (tertiary/aromatic N) is 7. The molecule has 384 valence electrons. The molecule has 0 radical (unpaired) electrons. The van der Waals surface area contributed by atoms with Gasteiger partial charge in [0.15, 0.2) is 0 Å². The van der Waals surface area contributed by atoms with Crippen LogP contribution >= 0.6 is 69.0 Å². The predicted octanol–water partition coefficient (Wildman–Crippen LogP) is 15.7. The van der Waals surface area contributed by atoms with E-state index in [0.29, 0.717) is 26.1 Å². The number of hydrogen-bond donors (Lipinski definition) is 0. The van der Waals surface area contributed by atoms with Crippen LogP contribution in [-0.4, -0.2) is 51.0 Å². The molecule has 21 heteroatoms. The van der Waals surface area contributed by atoms with Gasteiger partial charge in [-0.3, -0.25) is 40.5 Å². The molecule has 3 fully saturated rings. The average Bonchev–Trinajstić information content (AvgIpc) is 4.07. The maximum absolute atomic E-state index is 11.7. The highest BCUT2D eigenvalue weighted by molar-refractivity contribution is 14.1. The first-order valence-corrected chi connectivity index (χ1v) is 26.3. The van der Waals surface area contributed by atoms with Crippen LogP contribution in [0.3, 0.4) is 0 Å². The molecule has 3 aliphatic rings. The first-order valence-electron chi connectivity index (χ1n) is 23.7. The first-order chi connectivity index (χ1) is 36.1. The van der Waals surface area contributed by atoms with Gasteiger partial charge in [0.25, 0.3) is 22.7 Å². The lowest BCUT2D eigenvalue weighted by Crippen LogP contribution is -2.36. The molecule has 3 heterocycles. The monoisotopic (exact) mass is 1200 g/mol. The molecule has 1 aromatic heterocycles. The Balaban J connectivity index is 0.000000192. The lowest BCUT2D eigenvalue weighted by atomic mass is 9.77. The summed E-state index contributed by atoms with van der Waals surface area (Å²) in [6.07, 6.45) is 4.80. The summed E-state index contributed by atoms with van der Waals surface area (Å²) in [5.41, 5.74) is 6.60. The smallest absolute Gasteiger partial charge is 0.288 e. The van der Waals surface area contributed by atoms with Gasteiger partial charge in [0.1, 0.15) is 25.9 Å². The number of benzene rings is 6. The van der Waals surface area contributed by atoms with Crippen molar-refractivity contribution < 1.29 is 24.4 Å². The van der Waals surface area contributed by atoms with Gasteiger partial charge in [-0.2, -0.15) is 0 Å². The highest BCUT2D eigenvalue weighted by Gasteiger charge is 2.41. The third kappa shape index (κ3) is 11.7. The van der Waals surface area contributed by atoms with Gasteiger partial charge in [-0.1, -0.05) is 94.9 Å². The van der Waals surface area contributed by atoms with Crippen molar-refractivity contribution in [2.24, 2.45) is 0 Å². The minimum atomic E-state index is -0.490. The molecular weight excluding hydrogens is 1160 g/mol. The lowest BCUT2D eigenvalue weighted by molar-refractivity contribution is -0.384. The number of pyridine rings is 1. The van der Waals surface area contributed by atoms with Crippen LogP contribution in [0.5, 0.6) is 0 Å². The maximum atomic E-state index is 11.7. The number of nitro groups is 4. The quantitative estimate of drug-likeness (QED) is 0.0637. The second-order valence-electron chi connectivity index (χ2n) is 18.3. The second-order valence-corrected chi connectivity index (χ2v) is 21.2. The van der Waals surface area contributed by atoms with Crippen molar-refractivity contribution in [3.63, 3.8) is 0 Å². The third-order valence-corrected chi connectivity index (χ3v) is 16.2. The predicted molar refractivity (Wildman–Crippen MR) is 299 cm³/mol. The van der Waals surface area contributed by atoms with Crippen molar-refractivity contribution in [3.05, 3.63) is 232 Å². The number of halogens is 5. The van der Waals surface area contributed by atoms with Crippen molar-refractivity contribution in [2.45, 2.75) is 55.5 Å². The van der Waals surface area contributed by atoms with Crippen LogP contribution in [-0.2, 0) is 4.74 Å². The molecule has 75 heavy (non-hydrogen) atoms. The largest absolute Gasteiger partial charge is 0.378 e. The van der Waals surface area contributed by atoms with Gasteiger partial charge < -0.3 is 14.5 Å². The Morgan fingerprint density at radius 1 is 0.493 bits per heavy atom. The molecule has 2 aliphatic heterocycles. The van der Waals surface area contributed by atoms with Crippen molar-refractivity contribution in [1.29, 1.82) is 0 Å². The Morgan fingerprint density at radius 2 is 0.893 bits per heavy atom. The van der Waals surface area contributed by atoms with Crippen LogP contribution < -0.4 is 9.80 Å². The Bertz CT molecular complexity index is 3160. The number of morpholine rings is 1. The number of rotatable bonds is 12. The summed E-state index contributed by atoms with van der Waals surface area (Å²) in [7, 11) is 0. The van der Waals surface area contributed by atoms with E-state index in [1.54, 1.807) is 48.5 Å². The highest BCUT2D eigenvalue weighted by Crippen LogP contribution is 2.55. The Kier molecular flexibility index (Phi) is 16.5. The summed E-state index contributed by atoms with van der Waals surface area (Å²) in [6.45, 7) is 3.03. The van der Waals surface area contributed by atoms with Crippen molar-refractivity contribution >= 4 is 103 Å². The van der Waals surface area contributed by atoms with Crippen LogP contribution in [0.1, 0.15) is 83.3 Å². The normalized spacial score (nSPS) is 18.6. The average molecular weight is 1200 g/mol. The zero-order valence-corrected chi connectivity index (χ0v) is 44.7. The number of hydrogen-bond acceptors (Lipinski definition) is 12. The van der Waals surface area contributed by atoms with E-state index >= 15 is 0 Å². The van der Waals surface area contributed by atoms with Crippen molar-refractivity contribution in [1.82, 2.24) is 4.98 Å². The van der Waals surface area contributed by atoms with E-state index in [2.05, 4.69) is 67.7 Å². The van der Waals surface area contributed by atoms with Crippen LogP contribution in [0.2, 0.25) is 20.1 Å². The summed E-state index contributed by atoms with van der Waals surface area (Å²) in [5.74, 6) is 0.721. The lowest BCUT2D eigenvalue weighted by Gasteiger charge is -2.33. The van der Waals surface area contributed by atoms with Crippen molar-refractivity contribution in [2.75, 3.05) is 36.1 Å². The van der Waals surface area contributed by atoms with E-state index in [1.807, 2.05) is 48.7 Å². The fourth-order valence-electron chi connectivity index (χ4n) is 10.6. The number of nitro benzene ring substituents is 4. The van der Waals surface area contributed by atoms with Crippen LogP contribution in [0.15, 0.2) is 140 Å². The molecule has 0 unspecified atom stereocenters. The molecule has 16 nitrogen and oxygen atoms in total. The molecule has 4 atom stereocenters. The summed E-state index contributed by atoms with van der Waals surface area (Å²) in [5, 5.41) is 46.6. The van der Waals surface area contributed by atoms with Gasteiger partial charge in [-0.15, -0.1) is 0 Å². The summed E-state index contributed by atoms with van der Waals surface area (Å²) < 4.78 is 6.51. The standard InChI is InChI=1S/C32H28Cl2N4O5.C22H16Cl2IN3O4/c33-27-10-5-22(17-29(27)37(39)40)25-8-9-26(23-6-11-28(34)30(18-23)38(41)42)32(25)21-3-1-20(2-4-21)24-7-12-31(35-19-24)36-13-15-43-16-14-36;23-17-7-1-13(11-21(17)27(29)30)19-9-10-20(26(19)16-5-3-15(25)4-6-16)14-2-8-18(24)22(12-14)28(31)32/h1-7,10-12,17-19,25-26,32H,8-9,13-16H2;1-8,11-12,19-20H,9-10H2/t25-,26-;19-,20-/m11/s1. The van der Waals surface area contributed by atoms with E-state index < -0.39 is 19.7 Å². The zero-order valence-electron chi connectivity index (χ0n) is 39.5. The number of ether oxygens (including phenoxy) is 1. The van der Waals surface area contributed by atoms with Gasteiger partial charge in [-0.25, -0.2) is 4.98 Å². The molecule has 7 aromatic rings. The molecule has 10 rings (SSSR count). The van der Waals surface area contributed by atoms with E-state index in [-0.39, 0.29) is 72.7 Å². The molecule has 1 aliphatic carbocycles. The fraction of sp³-hybridized carbons (Fsp3) is 0.241. The molecule has 1 saturated carbocycles. The van der Waals surface area contributed by atoms with Gasteiger partial charge in [0.05, 0.1) is 45.0 Å².